The van der Waals surface area contributed by atoms with E-state index in [9.17, 15) is 0 Å². The molecule has 2 N–H and O–H groups in total. The monoisotopic (exact) mass is 179 g/mol. The number of nitrogens with two attached hydrogens (primary N) is 1. The van der Waals surface area contributed by atoms with Gasteiger partial charge < -0.3 is 5.73 Å². The fourth-order valence-corrected chi connectivity index (χ4v) is 1.87. The lowest BCUT2D eigenvalue weighted by Gasteiger charge is -2.13. The lowest BCUT2D eigenvalue weighted by Crippen LogP contribution is -2.35. The Morgan fingerprint density at radius 1 is 1.25 bits per heavy atom. The normalized spacial score (nSPS) is 13.3. The van der Waals surface area contributed by atoms with Gasteiger partial charge >= 0.3 is 0 Å². The fraction of sp³-hybridized carbons (Fsp3) is 0.400. The minimum absolute atomic E-state index is 0.424. The molecule has 0 saturated carbocycles. The van der Waals surface area contributed by atoms with Crippen LogP contribution in [0.5, 0.6) is 0 Å². The van der Waals surface area contributed by atoms with E-state index in [-0.39, 0.29) is 0 Å². The Balaban J connectivity index is 2.53. The Labute approximate surface area is 76.2 Å². The molecule has 12 heavy (non-hydrogen) atoms. The molecule has 0 aromatic heterocycles. The van der Waals surface area contributed by atoms with Crippen LogP contribution in [0.2, 0.25) is 13.1 Å². The van der Waals surface area contributed by atoms with Gasteiger partial charge in [0.1, 0.15) is 0 Å². The molecule has 0 amide bonds. The third-order valence-electron chi connectivity index (χ3n) is 2.17. The molecule has 0 heterocycles. The Morgan fingerprint density at radius 3 is 2.33 bits per heavy atom. The molecule has 0 fully saturated rings. The summed E-state index contributed by atoms with van der Waals surface area (Å²) in [6.45, 7) is 4.60. The van der Waals surface area contributed by atoms with Gasteiger partial charge in [-0.15, -0.1) is 0 Å². The first-order valence-corrected chi connectivity index (χ1v) is 7.47. The molecule has 0 aliphatic carbocycles. The number of hydrogen-bond acceptors (Lipinski definition) is 1. The zero-order chi connectivity index (χ0) is 8.97. The lowest BCUT2D eigenvalue weighted by atomic mass is 10.1. The van der Waals surface area contributed by atoms with Crippen molar-refractivity contribution in [2.24, 2.45) is 5.73 Å². The van der Waals surface area contributed by atoms with Crippen molar-refractivity contribution in [1.82, 2.24) is 0 Å². The minimum atomic E-state index is -0.657. The van der Waals surface area contributed by atoms with Gasteiger partial charge in [-0.05, 0) is 17.6 Å². The van der Waals surface area contributed by atoms with Gasteiger partial charge in [0.05, 0.1) is 8.80 Å². The third-order valence-corrected chi connectivity index (χ3v) is 4.12. The van der Waals surface area contributed by atoms with Crippen LogP contribution >= 0.6 is 0 Å². The number of rotatable bonds is 3. The van der Waals surface area contributed by atoms with Gasteiger partial charge in [-0.1, -0.05) is 43.4 Å². The van der Waals surface area contributed by atoms with Crippen molar-refractivity contribution in [3.63, 3.8) is 0 Å². The van der Waals surface area contributed by atoms with E-state index in [0.29, 0.717) is 5.67 Å². The van der Waals surface area contributed by atoms with E-state index in [4.69, 9.17) is 5.73 Å². The molecular formula is C10H17NSi. The van der Waals surface area contributed by atoms with Crippen molar-refractivity contribution >= 4 is 8.80 Å². The minimum Gasteiger partial charge on any atom is -0.330 e. The molecular weight excluding hydrogens is 162 g/mol. The van der Waals surface area contributed by atoms with Gasteiger partial charge in [-0.3, -0.25) is 0 Å². The highest BCUT2D eigenvalue weighted by Crippen LogP contribution is 2.03. The van der Waals surface area contributed by atoms with Gasteiger partial charge in [-0.25, -0.2) is 0 Å². The molecule has 1 atom stereocenters. The molecule has 1 aromatic rings. The summed E-state index contributed by atoms with van der Waals surface area (Å²) in [7, 11) is -0.657. The van der Waals surface area contributed by atoms with E-state index in [1.807, 2.05) is 6.07 Å². The summed E-state index contributed by atoms with van der Waals surface area (Å²) in [6, 6.07) is 10.5. The van der Waals surface area contributed by atoms with Crippen LogP contribution in [0, 0.1) is 0 Å². The fourth-order valence-electron chi connectivity index (χ4n) is 1.12. The van der Waals surface area contributed by atoms with E-state index < -0.39 is 8.80 Å². The second-order valence-electron chi connectivity index (χ2n) is 3.60. The number of hydrogen-bond donors (Lipinski definition) is 1. The maximum absolute atomic E-state index is 6.01. The van der Waals surface area contributed by atoms with Crippen molar-refractivity contribution in [2.45, 2.75) is 25.2 Å². The van der Waals surface area contributed by atoms with E-state index in [2.05, 4.69) is 37.4 Å². The summed E-state index contributed by atoms with van der Waals surface area (Å²) in [6.07, 6.45) is 1.05. The molecule has 1 unspecified atom stereocenters. The SMILES string of the molecule is C[SiH](C)C(N)Cc1ccccc1. The largest absolute Gasteiger partial charge is 0.330 e. The van der Waals surface area contributed by atoms with E-state index >= 15 is 0 Å². The second-order valence-corrected chi connectivity index (χ2v) is 6.94. The summed E-state index contributed by atoms with van der Waals surface area (Å²) in [4.78, 5) is 0. The summed E-state index contributed by atoms with van der Waals surface area (Å²) < 4.78 is 0. The van der Waals surface area contributed by atoms with Gasteiger partial charge in [0.25, 0.3) is 0 Å². The maximum atomic E-state index is 6.01. The molecule has 0 bridgehead atoms. The zero-order valence-electron chi connectivity index (χ0n) is 7.83. The Kier molecular flexibility index (Phi) is 3.50. The van der Waals surface area contributed by atoms with Gasteiger partial charge in [0.2, 0.25) is 0 Å². The lowest BCUT2D eigenvalue weighted by molar-refractivity contribution is 0.866. The second kappa shape index (κ2) is 4.43. The molecule has 0 radical (unpaired) electrons. The summed E-state index contributed by atoms with van der Waals surface area (Å²) in [5.74, 6) is 0. The molecule has 0 spiro atoms. The van der Waals surface area contributed by atoms with Gasteiger partial charge in [0, 0.05) is 0 Å². The predicted molar refractivity (Wildman–Crippen MR) is 57.0 cm³/mol. The van der Waals surface area contributed by atoms with Crippen LogP contribution in [-0.2, 0) is 6.42 Å². The van der Waals surface area contributed by atoms with Crippen LogP contribution in [0.15, 0.2) is 30.3 Å². The molecule has 0 saturated heterocycles. The smallest absolute Gasteiger partial charge is 0.0506 e. The maximum Gasteiger partial charge on any atom is 0.0506 e. The van der Waals surface area contributed by atoms with Crippen LogP contribution in [0.1, 0.15) is 5.56 Å². The molecule has 66 valence electrons. The quantitative estimate of drug-likeness (QED) is 0.701. The summed E-state index contributed by atoms with van der Waals surface area (Å²) in [5, 5.41) is 0. The molecule has 0 aliphatic heterocycles. The average molecular weight is 179 g/mol. The molecule has 0 aliphatic rings. The van der Waals surface area contributed by atoms with Crippen molar-refractivity contribution < 1.29 is 0 Å². The highest BCUT2D eigenvalue weighted by Gasteiger charge is 2.08. The van der Waals surface area contributed by atoms with Crippen LogP contribution in [-0.4, -0.2) is 14.5 Å². The highest BCUT2D eigenvalue weighted by atomic mass is 28.3. The third kappa shape index (κ3) is 2.79. The molecule has 1 aromatic carbocycles. The highest BCUT2D eigenvalue weighted by molar-refractivity contribution is 6.57. The summed E-state index contributed by atoms with van der Waals surface area (Å²) in [5.41, 5.74) is 7.80. The topological polar surface area (TPSA) is 26.0 Å². The Morgan fingerprint density at radius 2 is 1.83 bits per heavy atom. The van der Waals surface area contributed by atoms with Gasteiger partial charge in [-0.2, -0.15) is 0 Å². The van der Waals surface area contributed by atoms with Crippen molar-refractivity contribution in [3.8, 4) is 0 Å². The van der Waals surface area contributed by atoms with Crippen molar-refractivity contribution in [2.75, 3.05) is 0 Å². The van der Waals surface area contributed by atoms with Crippen LogP contribution in [0.25, 0.3) is 0 Å². The zero-order valence-corrected chi connectivity index (χ0v) is 8.98. The Bertz CT molecular complexity index is 221. The van der Waals surface area contributed by atoms with E-state index in [0.717, 1.165) is 6.42 Å². The first kappa shape index (κ1) is 9.48. The summed E-state index contributed by atoms with van der Waals surface area (Å²) >= 11 is 0. The van der Waals surface area contributed by atoms with E-state index in [1.165, 1.54) is 5.56 Å². The van der Waals surface area contributed by atoms with Gasteiger partial charge in [0.15, 0.2) is 0 Å². The molecule has 1 rings (SSSR count). The Hall–Kier alpha value is -0.603. The first-order chi connectivity index (χ1) is 5.70. The van der Waals surface area contributed by atoms with Crippen LogP contribution < -0.4 is 5.73 Å². The average Bonchev–Trinajstić information content (AvgIpc) is 2.06. The van der Waals surface area contributed by atoms with Crippen LogP contribution in [0.4, 0.5) is 0 Å². The van der Waals surface area contributed by atoms with E-state index in [1.54, 1.807) is 0 Å². The van der Waals surface area contributed by atoms with Crippen LogP contribution in [0.3, 0.4) is 0 Å². The van der Waals surface area contributed by atoms with Crippen molar-refractivity contribution in [1.29, 1.82) is 0 Å². The molecule has 1 nitrogen and oxygen atoms in total. The van der Waals surface area contributed by atoms with Crippen molar-refractivity contribution in [3.05, 3.63) is 35.9 Å². The number of benzene rings is 1. The predicted octanol–water partition coefficient (Wildman–Crippen LogP) is 1.58. The first-order valence-electron chi connectivity index (χ1n) is 4.49. The standard InChI is InChI=1S/C10H17NSi/c1-12(2)10(11)8-9-6-4-3-5-7-9/h3-7,10,12H,8,11H2,1-2H3. The molecule has 2 heteroatoms.